The molecule has 3 rings (SSSR count). The first-order valence-electron chi connectivity index (χ1n) is 8.76. The molecule has 144 valence electrons. The zero-order valence-electron chi connectivity index (χ0n) is 15.4. The highest BCUT2D eigenvalue weighted by molar-refractivity contribution is 6.01. The third-order valence-electron chi connectivity index (χ3n) is 4.63. The number of nitrogens with zero attached hydrogens (tertiary/aromatic N) is 1. The second kappa shape index (κ2) is 7.50. The Bertz CT molecular complexity index is 854. The molecule has 2 aromatic rings. The number of esters is 1. The summed E-state index contributed by atoms with van der Waals surface area (Å²) in [6.07, 6.45) is 1.21. The fourth-order valence-electron chi connectivity index (χ4n) is 3.19. The highest BCUT2D eigenvalue weighted by Crippen LogP contribution is 2.38. The number of alkyl halides is 2. The fourth-order valence-corrected chi connectivity index (χ4v) is 3.19. The number of benzene rings is 1. The zero-order valence-corrected chi connectivity index (χ0v) is 15.4. The Morgan fingerprint density at radius 2 is 1.78 bits per heavy atom. The van der Waals surface area contributed by atoms with Crippen LogP contribution in [-0.4, -0.2) is 29.0 Å². The number of ketones is 1. The molecule has 1 aliphatic carbocycles. The van der Waals surface area contributed by atoms with Crippen molar-refractivity contribution in [2.75, 3.05) is 0 Å². The minimum absolute atomic E-state index is 0.0429. The molecular formula is C20H21F2NO4. The van der Waals surface area contributed by atoms with Gasteiger partial charge in [-0.05, 0) is 63.9 Å². The smallest absolute Gasteiger partial charge is 0.387 e. The van der Waals surface area contributed by atoms with Crippen LogP contribution in [0.2, 0.25) is 0 Å². The van der Waals surface area contributed by atoms with E-state index in [4.69, 9.17) is 4.74 Å². The van der Waals surface area contributed by atoms with E-state index in [0.29, 0.717) is 11.6 Å². The molecule has 0 saturated heterocycles. The van der Waals surface area contributed by atoms with Gasteiger partial charge in [0.2, 0.25) is 5.78 Å². The van der Waals surface area contributed by atoms with Crippen molar-refractivity contribution in [1.29, 1.82) is 0 Å². The molecule has 27 heavy (non-hydrogen) atoms. The highest BCUT2D eigenvalue weighted by Gasteiger charge is 2.29. The predicted molar refractivity (Wildman–Crippen MR) is 94.5 cm³/mol. The van der Waals surface area contributed by atoms with E-state index >= 15 is 0 Å². The van der Waals surface area contributed by atoms with Crippen molar-refractivity contribution in [3.63, 3.8) is 0 Å². The van der Waals surface area contributed by atoms with Gasteiger partial charge in [0, 0.05) is 23.0 Å². The van der Waals surface area contributed by atoms with Crippen LogP contribution in [0.1, 0.15) is 57.9 Å². The number of Topliss-reactive ketones (excluding diaryl/α,β-unsaturated/α-hetero) is 1. The first-order chi connectivity index (χ1) is 12.8. The number of rotatable bonds is 7. The third-order valence-corrected chi connectivity index (χ3v) is 4.63. The van der Waals surface area contributed by atoms with E-state index in [1.807, 2.05) is 13.8 Å². The molecular weight excluding hydrogens is 356 g/mol. The van der Waals surface area contributed by atoms with Crippen LogP contribution in [0.3, 0.4) is 0 Å². The van der Waals surface area contributed by atoms with Crippen LogP contribution >= 0.6 is 0 Å². The lowest BCUT2D eigenvalue weighted by Gasteiger charge is -2.13. The summed E-state index contributed by atoms with van der Waals surface area (Å²) < 4.78 is 36.1. The maximum Gasteiger partial charge on any atom is 0.387 e. The van der Waals surface area contributed by atoms with Gasteiger partial charge >= 0.3 is 12.6 Å². The molecule has 1 fully saturated rings. The van der Waals surface area contributed by atoms with E-state index in [9.17, 15) is 18.4 Å². The molecule has 1 saturated carbocycles. The Labute approximate surface area is 155 Å². The van der Waals surface area contributed by atoms with Gasteiger partial charge in [-0.15, -0.1) is 0 Å². The van der Waals surface area contributed by atoms with Gasteiger partial charge in [0.15, 0.2) is 6.10 Å². The Balaban J connectivity index is 1.67. The molecule has 0 N–H and O–H groups in total. The first kappa shape index (κ1) is 19.1. The lowest BCUT2D eigenvalue weighted by Crippen LogP contribution is -2.24. The molecule has 1 aliphatic rings. The zero-order chi connectivity index (χ0) is 19.7. The van der Waals surface area contributed by atoms with Crippen molar-refractivity contribution in [3.8, 4) is 5.75 Å². The summed E-state index contributed by atoms with van der Waals surface area (Å²) in [5, 5.41) is 0. The molecule has 0 aliphatic heterocycles. The minimum atomic E-state index is -2.93. The minimum Gasteiger partial charge on any atom is -0.451 e. The average Bonchev–Trinajstić information content (AvgIpc) is 3.39. The van der Waals surface area contributed by atoms with Crippen LogP contribution in [0.5, 0.6) is 5.75 Å². The number of aromatic nitrogens is 1. The quantitative estimate of drug-likeness (QED) is 0.528. The predicted octanol–water partition coefficient (Wildman–Crippen LogP) is 4.47. The van der Waals surface area contributed by atoms with Gasteiger partial charge in [0.05, 0.1) is 5.56 Å². The van der Waals surface area contributed by atoms with Crippen LogP contribution in [0.15, 0.2) is 30.3 Å². The maximum atomic E-state index is 12.5. The summed E-state index contributed by atoms with van der Waals surface area (Å²) in [5.74, 6) is -1.00. The van der Waals surface area contributed by atoms with Crippen molar-refractivity contribution in [2.24, 2.45) is 0 Å². The Hall–Kier alpha value is -2.70. The van der Waals surface area contributed by atoms with E-state index in [1.165, 1.54) is 31.2 Å². The molecule has 1 atom stereocenters. The van der Waals surface area contributed by atoms with E-state index in [2.05, 4.69) is 9.30 Å². The van der Waals surface area contributed by atoms with E-state index in [-0.39, 0.29) is 11.3 Å². The first-order valence-corrected chi connectivity index (χ1v) is 8.76. The van der Waals surface area contributed by atoms with Gasteiger partial charge in [-0.25, -0.2) is 4.79 Å². The number of carbonyl (C=O) groups is 2. The van der Waals surface area contributed by atoms with Crippen LogP contribution in [-0.2, 0) is 4.74 Å². The normalized spacial score (nSPS) is 14.9. The van der Waals surface area contributed by atoms with Crippen molar-refractivity contribution < 1.29 is 27.8 Å². The number of aryl methyl sites for hydroxylation is 1. The lowest BCUT2D eigenvalue weighted by molar-refractivity contribution is -0.0498. The number of halogens is 2. The van der Waals surface area contributed by atoms with Gasteiger partial charge in [-0.3, -0.25) is 4.79 Å². The van der Waals surface area contributed by atoms with Gasteiger partial charge in [-0.1, -0.05) is 0 Å². The molecule has 0 spiro atoms. The number of carbonyl (C=O) groups excluding carboxylic acids is 2. The summed E-state index contributed by atoms with van der Waals surface area (Å²) >= 11 is 0. The van der Waals surface area contributed by atoms with Crippen molar-refractivity contribution in [2.45, 2.75) is 52.4 Å². The van der Waals surface area contributed by atoms with E-state index < -0.39 is 24.5 Å². The van der Waals surface area contributed by atoms with Crippen molar-refractivity contribution in [1.82, 2.24) is 4.57 Å². The summed E-state index contributed by atoms with van der Waals surface area (Å²) in [4.78, 5) is 25.0. The molecule has 1 aromatic carbocycles. The fraction of sp³-hybridized carbons (Fsp3) is 0.400. The van der Waals surface area contributed by atoms with E-state index in [1.54, 1.807) is 6.07 Å². The summed E-state index contributed by atoms with van der Waals surface area (Å²) in [6.45, 7) is 2.38. The van der Waals surface area contributed by atoms with Crippen LogP contribution in [0, 0.1) is 13.8 Å². The van der Waals surface area contributed by atoms with Crippen molar-refractivity contribution in [3.05, 3.63) is 52.8 Å². The molecule has 0 bridgehead atoms. The number of hydrogen-bond donors (Lipinski definition) is 0. The standard InChI is InChI=1S/C20H21F2NO4/c1-11-10-17(12(2)23(11)15-6-7-15)19(25)26-13(3)18(24)14-4-8-16(9-5-14)27-20(21)22/h4-5,8-10,13,15,20H,6-7H2,1-3H3/t13-/m1/s1. The second-order valence-electron chi connectivity index (χ2n) is 6.70. The van der Waals surface area contributed by atoms with Gasteiger partial charge in [0.1, 0.15) is 5.75 Å². The van der Waals surface area contributed by atoms with Crippen LogP contribution in [0.25, 0.3) is 0 Å². The molecule has 5 nitrogen and oxygen atoms in total. The molecule has 0 radical (unpaired) electrons. The molecule has 1 heterocycles. The van der Waals surface area contributed by atoms with Crippen LogP contribution < -0.4 is 4.74 Å². The summed E-state index contributed by atoms with van der Waals surface area (Å²) in [6, 6.07) is 7.50. The lowest BCUT2D eigenvalue weighted by atomic mass is 10.1. The SMILES string of the molecule is Cc1cc(C(=O)O[C@H](C)C(=O)c2ccc(OC(F)F)cc2)c(C)n1C1CC1. The van der Waals surface area contributed by atoms with Crippen LogP contribution in [0.4, 0.5) is 8.78 Å². The van der Waals surface area contributed by atoms with Crippen molar-refractivity contribution >= 4 is 11.8 Å². The van der Waals surface area contributed by atoms with Gasteiger partial charge < -0.3 is 14.0 Å². The molecule has 7 heteroatoms. The average molecular weight is 377 g/mol. The summed E-state index contributed by atoms with van der Waals surface area (Å²) in [5.41, 5.74) is 2.55. The van der Waals surface area contributed by atoms with E-state index in [0.717, 1.165) is 24.2 Å². The second-order valence-corrected chi connectivity index (χ2v) is 6.70. The highest BCUT2D eigenvalue weighted by atomic mass is 19.3. The maximum absolute atomic E-state index is 12.5. The topological polar surface area (TPSA) is 57.5 Å². The Kier molecular flexibility index (Phi) is 5.30. The molecule has 0 amide bonds. The number of hydrogen-bond acceptors (Lipinski definition) is 4. The molecule has 1 aromatic heterocycles. The van der Waals surface area contributed by atoms with Gasteiger partial charge in [-0.2, -0.15) is 8.78 Å². The molecule has 0 unspecified atom stereocenters. The Morgan fingerprint density at radius 1 is 1.15 bits per heavy atom. The monoisotopic (exact) mass is 377 g/mol. The largest absolute Gasteiger partial charge is 0.451 e. The third kappa shape index (κ3) is 4.18. The number of ether oxygens (including phenoxy) is 2. The summed E-state index contributed by atoms with van der Waals surface area (Å²) in [7, 11) is 0. The van der Waals surface area contributed by atoms with Gasteiger partial charge in [0.25, 0.3) is 0 Å². The Morgan fingerprint density at radius 3 is 2.33 bits per heavy atom.